The van der Waals surface area contributed by atoms with E-state index >= 15 is 0 Å². The van der Waals surface area contributed by atoms with Crippen LogP contribution >= 0.6 is 15.9 Å². The zero-order valence-corrected chi connectivity index (χ0v) is 17.2. The van der Waals surface area contributed by atoms with Crippen LogP contribution in [0, 0.1) is 0 Å². The molecule has 1 saturated heterocycles. The normalized spacial score (nSPS) is 18.4. The lowest BCUT2D eigenvalue weighted by Crippen LogP contribution is -2.48. The van der Waals surface area contributed by atoms with Crippen LogP contribution in [0.2, 0.25) is 0 Å². The van der Waals surface area contributed by atoms with Crippen molar-refractivity contribution >= 4 is 26.0 Å². The summed E-state index contributed by atoms with van der Waals surface area (Å²) < 4.78 is 39.6. The summed E-state index contributed by atoms with van der Waals surface area (Å²) in [5, 5.41) is 0. The molecule has 2 heterocycles. The maximum absolute atomic E-state index is 13.0. The molecule has 2 aliphatic heterocycles. The molecule has 0 saturated carbocycles. The van der Waals surface area contributed by atoms with Crippen LogP contribution < -0.4 is 9.47 Å². The second-order valence-corrected chi connectivity index (χ2v) is 9.47. The third kappa shape index (κ3) is 4.13. The molecular weight excluding hydrogens is 432 g/mol. The van der Waals surface area contributed by atoms with Crippen LogP contribution in [-0.2, 0) is 16.6 Å². The lowest BCUT2D eigenvalue weighted by atomic mass is 10.2. The Morgan fingerprint density at radius 1 is 0.889 bits per heavy atom. The quantitative estimate of drug-likeness (QED) is 0.713. The molecule has 27 heavy (non-hydrogen) atoms. The molecule has 0 atom stereocenters. The fourth-order valence-corrected chi connectivity index (χ4v) is 5.01. The Morgan fingerprint density at radius 2 is 1.56 bits per heavy atom. The highest BCUT2D eigenvalue weighted by Gasteiger charge is 2.29. The average molecular weight is 453 g/mol. The molecule has 0 bridgehead atoms. The van der Waals surface area contributed by atoms with Crippen molar-refractivity contribution in [1.82, 2.24) is 9.21 Å². The first-order chi connectivity index (χ1) is 13.0. The Hall–Kier alpha value is -1.61. The zero-order valence-electron chi connectivity index (χ0n) is 14.8. The van der Waals surface area contributed by atoms with E-state index in [-0.39, 0.29) is 4.90 Å². The van der Waals surface area contributed by atoms with Gasteiger partial charge in [-0.3, -0.25) is 4.90 Å². The molecule has 0 aromatic heterocycles. The first-order valence-corrected chi connectivity index (χ1v) is 11.1. The number of sulfonamides is 1. The van der Waals surface area contributed by atoms with Crippen LogP contribution in [0.5, 0.6) is 11.5 Å². The number of rotatable bonds is 4. The SMILES string of the molecule is O=S(=O)(c1ccc2c(c1)OCCO2)N1CCN(Cc2ccc(Br)cc2)CC1. The van der Waals surface area contributed by atoms with Crippen LogP contribution in [0.1, 0.15) is 5.56 Å². The van der Waals surface area contributed by atoms with Crippen LogP contribution in [0.4, 0.5) is 0 Å². The second kappa shape index (κ2) is 7.79. The van der Waals surface area contributed by atoms with Gasteiger partial charge in [0.05, 0.1) is 4.90 Å². The lowest BCUT2D eigenvalue weighted by molar-refractivity contribution is 0.170. The third-order valence-corrected chi connectivity index (χ3v) is 7.23. The Kier molecular flexibility index (Phi) is 5.41. The number of hydrogen-bond acceptors (Lipinski definition) is 5. The summed E-state index contributed by atoms with van der Waals surface area (Å²) in [6.45, 7) is 4.12. The van der Waals surface area contributed by atoms with Crippen molar-refractivity contribution in [2.24, 2.45) is 0 Å². The molecule has 4 rings (SSSR count). The van der Waals surface area contributed by atoms with Gasteiger partial charge in [0.2, 0.25) is 10.0 Å². The first kappa shape index (κ1) is 18.7. The molecule has 0 aliphatic carbocycles. The summed E-state index contributed by atoms with van der Waals surface area (Å²) in [7, 11) is -3.53. The Balaban J connectivity index is 1.41. The third-order valence-electron chi connectivity index (χ3n) is 4.80. The molecule has 0 amide bonds. The van der Waals surface area contributed by atoms with Crippen molar-refractivity contribution in [1.29, 1.82) is 0 Å². The van der Waals surface area contributed by atoms with Gasteiger partial charge in [0.15, 0.2) is 11.5 Å². The number of piperazine rings is 1. The summed E-state index contributed by atoms with van der Waals surface area (Å²) in [6.07, 6.45) is 0. The molecule has 8 heteroatoms. The van der Waals surface area contributed by atoms with Crippen LogP contribution in [0.25, 0.3) is 0 Å². The molecule has 2 aliphatic rings. The van der Waals surface area contributed by atoms with E-state index in [1.807, 2.05) is 12.1 Å². The summed E-state index contributed by atoms with van der Waals surface area (Å²) in [5.74, 6) is 1.09. The fraction of sp³-hybridized carbons (Fsp3) is 0.368. The standard InChI is InChI=1S/C19H21BrN2O4S/c20-16-3-1-15(2-4-16)14-21-7-9-22(10-8-21)27(23,24)17-5-6-18-19(13-17)26-12-11-25-18/h1-6,13H,7-12,14H2. The van der Waals surface area contributed by atoms with E-state index in [9.17, 15) is 8.42 Å². The van der Waals surface area contributed by atoms with Crippen LogP contribution in [-0.4, -0.2) is 57.0 Å². The highest BCUT2D eigenvalue weighted by atomic mass is 79.9. The Labute approximate surface area is 167 Å². The first-order valence-electron chi connectivity index (χ1n) is 8.89. The van der Waals surface area contributed by atoms with E-state index in [2.05, 4.69) is 33.0 Å². The van der Waals surface area contributed by atoms with E-state index in [0.717, 1.165) is 11.0 Å². The van der Waals surface area contributed by atoms with Crippen LogP contribution in [0.3, 0.4) is 0 Å². The minimum atomic E-state index is -3.53. The molecular formula is C19H21BrN2O4S. The smallest absolute Gasteiger partial charge is 0.243 e. The molecule has 0 unspecified atom stereocenters. The predicted octanol–water partition coefficient (Wildman–Crippen LogP) is 2.73. The molecule has 1 fully saturated rings. The number of ether oxygens (including phenoxy) is 2. The van der Waals surface area contributed by atoms with Crippen molar-refractivity contribution in [2.45, 2.75) is 11.4 Å². The molecule has 0 spiro atoms. The van der Waals surface area contributed by atoms with E-state index in [1.165, 1.54) is 5.56 Å². The number of halogens is 1. The van der Waals surface area contributed by atoms with Crippen molar-refractivity contribution in [2.75, 3.05) is 39.4 Å². The van der Waals surface area contributed by atoms with Crippen molar-refractivity contribution < 1.29 is 17.9 Å². The zero-order chi connectivity index (χ0) is 18.9. The summed E-state index contributed by atoms with van der Waals surface area (Å²) >= 11 is 3.44. The largest absolute Gasteiger partial charge is 0.486 e. The van der Waals surface area contributed by atoms with Gasteiger partial charge in [0, 0.05) is 43.3 Å². The van der Waals surface area contributed by atoms with Gasteiger partial charge in [-0.1, -0.05) is 28.1 Å². The highest BCUT2D eigenvalue weighted by Crippen LogP contribution is 2.33. The van der Waals surface area contributed by atoms with Crippen molar-refractivity contribution in [3.8, 4) is 11.5 Å². The second-order valence-electron chi connectivity index (χ2n) is 6.61. The van der Waals surface area contributed by atoms with Crippen molar-refractivity contribution in [3.05, 3.63) is 52.5 Å². The maximum Gasteiger partial charge on any atom is 0.243 e. The van der Waals surface area contributed by atoms with E-state index in [0.29, 0.717) is 50.9 Å². The molecule has 0 N–H and O–H groups in total. The molecule has 0 radical (unpaired) electrons. The predicted molar refractivity (Wildman–Crippen MR) is 106 cm³/mol. The van der Waals surface area contributed by atoms with Gasteiger partial charge in [-0.15, -0.1) is 0 Å². The lowest BCUT2D eigenvalue weighted by Gasteiger charge is -2.34. The van der Waals surface area contributed by atoms with E-state index < -0.39 is 10.0 Å². The molecule has 2 aromatic carbocycles. The van der Waals surface area contributed by atoms with E-state index in [4.69, 9.17) is 9.47 Å². The monoisotopic (exact) mass is 452 g/mol. The van der Waals surface area contributed by atoms with Crippen molar-refractivity contribution in [3.63, 3.8) is 0 Å². The average Bonchev–Trinajstić information content (AvgIpc) is 2.70. The molecule has 6 nitrogen and oxygen atoms in total. The minimum Gasteiger partial charge on any atom is -0.486 e. The number of nitrogens with zero attached hydrogens (tertiary/aromatic N) is 2. The van der Waals surface area contributed by atoms with Gasteiger partial charge < -0.3 is 9.47 Å². The molecule has 144 valence electrons. The maximum atomic E-state index is 13.0. The molecule has 2 aromatic rings. The minimum absolute atomic E-state index is 0.258. The van der Waals surface area contributed by atoms with Gasteiger partial charge in [0.1, 0.15) is 13.2 Å². The number of hydrogen-bond donors (Lipinski definition) is 0. The number of benzene rings is 2. The Morgan fingerprint density at radius 3 is 2.26 bits per heavy atom. The van der Waals surface area contributed by atoms with Gasteiger partial charge in [-0.25, -0.2) is 8.42 Å². The fourth-order valence-electron chi connectivity index (χ4n) is 3.31. The Bertz CT molecular complexity index is 910. The van der Waals surface area contributed by atoms with Crippen LogP contribution in [0.15, 0.2) is 51.8 Å². The number of fused-ring (bicyclic) bond motifs is 1. The summed E-state index contributed by atoms with van der Waals surface area (Å²) in [5.41, 5.74) is 1.22. The van der Waals surface area contributed by atoms with Gasteiger partial charge >= 0.3 is 0 Å². The van der Waals surface area contributed by atoms with Gasteiger partial charge in [-0.2, -0.15) is 4.31 Å². The van der Waals surface area contributed by atoms with Gasteiger partial charge in [0.25, 0.3) is 0 Å². The van der Waals surface area contributed by atoms with Gasteiger partial charge in [-0.05, 0) is 29.8 Å². The van der Waals surface area contributed by atoms with E-state index in [1.54, 1.807) is 22.5 Å². The highest BCUT2D eigenvalue weighted by molar-refractivity contribution is 9.10. The topological polar surface area (TPSA) is 59.1 Å². The summed E-state index contributed by atoms with van der Waals surface area (Å²) in [4.78, 5) is 2.53. The summed E-state index contributed by atoms with van der Waals surface area (Å²) in [6, 6.07) is 13.1.